The number of amides is 1. The normalized spacial score (nSPS) is 15.1. The monoisotopic (exact) mass is 359 g/mol. The van der Waals surface area contributed by atoms with E-state index in [1.807, 2.05) is 0 Å². The first kappa shape index (κ1) is 22.4. The van der Waals surface area contributed by atoms with Crippen LogP contribution in [0, 0.1) is 0 Å². The Morgan fingerprint density at radius 3 is 1.85 bits per heavy atom. The first-order valence-electron chi connectivity index (χ1n) is 10.3. The summed E-state index contributed by atoms with van der Waals surface area (Å²) in [6.07, 6.45) is 29.8. The number of hydrogen-bond donors (Lipinski definition) is 2. The lowest BCUT2D eigenvalue weighted by molar-refractivity contribution is -0.121. The van der Waals surface area contributed by atoms with E-state index in [4.69, 9.17) is 5.11 Å². The van der Waals surface area contributed by atoms with Gasteiger partial charge >= 0.3 is 0 Å². The van der Waals surface area contributed by atoms with E-state index in [9.17, 15) is 4.79 Å². The summed E-state index contributed by atoms with van der Waals surface area (Å²) < 4.78 is 0. The summed E-state index contributed by atoms with van der Waals surface area (Å²) in [5, 5.41) is 11.7. The highest BCUT2D eigenvalue weighted by Gasteiger charge is 2.22. The van der Waals surface area contributed by atoms with E-state index >= 15 is 0 Å². The maximum atomic E-state index is 11.5. The lowest BCUT2D eigenvalue weighted by Gasteiger charge is -2.00. The van der Waals surface area contributed by atoms with Gasteiger partial charge in [-0.1, -0.05) is 55.0 Å². The van der Waals surface area contributed by atoms with Crippen molar-refractivity contribution in [1.82, 2.24) is 5.32 Å². The van der Waals surface area contributed by atoms with Crippen molar-refractivity contribution in [2.24, 2.45) is 0 Å². The second-order valence-electron chi connectivity index (χ2n) is 6.90. The summed E-state index contributed by atoms with van der Waals surface area (Å²) in [7, 11) is 0. The molecule has 1 aliphatic rings. The van der Waals surface area contributed by atoms with Gasteiger partial charge in [-0.15, -0.1) is 0 Å². The number of hydrogen-bond acceptors (Lipinski definition) is 2. The van der Waals surface area contributed by atoms with Crippen LogP contribution in [0.1, 0.15) is 77.0 Å². The highest BCUT2D eigenvalue weighted by atomic mass is 16.2. The molecule has 1 amide bonds. The summed E-state index contributed by atoms with van der Waals surface area (Å²) >= 11 is 0. The molecule has 0 atom stereocenters. The maximum absolute atomic E-state index is 11.5. The average molecular weight is 360 g/mol. The largest absolute Gasteiger partial charge is 0.396 e. The smallest absolute Gasteiger partial charge is 0.220 e. The number of carbonyl (C=O) groups excluding carboxylic acids is 1. The van der Waals surface area contributed by atoms with Crippen molar-refractivity contribution >= 4 is 5.91 Å². The van der Waals surface area contributed by atoms with Gasteiger partial charge in [0.25, 0.3) is 0 Å². The lowest BCUT2D eigenvalue weighted by atomic mass is 10.2. The van der Waals surface area contributed by atoms with E-state index < -0.39 is 0 Å². The summed E-state index contributed by atoms with van der Waals surface area (Å²) in [6.45, 7) is 0.314. The van der Waals surface area contributed by atoms with Crippen molar-refractivity contribution in [2.75, 3.05) is 6.61 Å². The molecule has 1 fully saturated rings. The van der Waals surface area contributed by atoms with E-state index in [-0.39, 0.29) is 5.91 Å². The topological polar surface area (TPSA) is 49.3 Å². The van der Waals surface area contributed by atoms with Gasteiger partial charge in [0.05, 0.1) is 0 Å². The van der Waals surface area contributed by atoms with Crippen molar-refractivity contribution in [3.05, 3.63) is 48.6 Å². The van der Waals surface area contributed by atoms with Crippen LogP contribution in [0.5, 0.6) is 0 Å². The van der Waals surface area contributed by atoms with Crippen LogP contribution >= 0.6 is 0 Å². The van der Waals surface area contributed by atoms with Crippen LogP contribution in [0.2, 0.25) is 0 Å². The molecular formula is C23H37NO2. The molecule has 3 heteroatoms. The van der Waals surface area contributed by atoms with Gasteiger partial charge in [0.1, 0.15) is 0 Å². The third kappa shape index (κ3) is 15.9. The van der Waals surface area contributed by atoms with Crippen molar-refractivity contribution in [3.63, 3.8) is 0 Å². The first-order valence-corrected chi connectivity index (χ1v) is 10.3. The fourth-order valence-electron chi connectivity index (χ4n) is 2.51. The van der Waals surface area contributed by atoms with Gasteiger partial charge in [0.15, 0.2) is 0 Å². The first-order chi connectivity index (χ1) is 12.8. The third-order valence-corrected chi connectivity index (χ3v) is 4.23. The van der Waals surface area contributed by atoms with Gasteiger partial charge in [0.2, 0.25) is 5.91 Å². The van der Waals surface area contributed by atoms with E-state index in [1.54, 1.807) is 0 Å². The third-order valence-electron chi connectivity index (χ3n) is 4.23. The van der Waals surface area contributed by atoms with E-state index in [0.29, 0.717) is 19.1 Å². The highest BCUT2D eigenvalue weighted by molar-refractivity contribution is 5.76. The van der Waals surface area contributed by atoms with E-state index in [1.165, 1.54) is 6.42 Å². The summed E-state index contributed by atoms with van der Waals surface area (Å²) in [4.78, 5) is 11.5. The molecule has 0 heterocycles. The summed E-state index contributed by atoms with van der Waals surface area (Å²) in [5.41, 5.74) is 0. The van der Waals surface area contributed by atoms with E-state index in [0.717, 1.165) is 64.2 Å². The second-order valence-corrected chi connectivity index (χ2v) is 6.90. The van der Waals surface area contributed by atoms with Crippen LogP contribution < -0.4 is 5.32 Å². The molecule has 0 saturated heterocycles. The number of rotatable bonds is 16. The highest BCUT2D eigenvalue weighted by Crippen LogP contribution is 2.18. The van der Waals surface area contributed by atoms with Gasteiger partial charge < -0.3 is 10.4 Å². The molecule has 1 aliphatic carbocycles. The van der Waals surface area contributed by atoms with E-state index in [2.05, 4.69) is 53.9 Å². The molecule has 26 heavy (non-hydrogen) atoms. The molecule has 0 aliphatic heterocycles. The molecule has 0 aromatic rings. The molecule has 0 radical (unpaired) electrons. The number of carbonyl (C=O) groups is 1. The molecule has 0 bridgehead atoms. The molecule has 0 aromatic heterocycles. The van der Waals surface area contributed by atoms with Gasteiger partial charge in [-0.25, -0.2) is 0 Å². The minimum Gasteiger partial charge on any atom is -0.396 e. The number of aliphatic hydroxyl groups excluding tert-OH is 1. The molecule has 2 N–H and O–H groups in total. The molecule has 1 saturated carbocycles. The Hall–Kier alpha value is -1.61. The Morgan fingerprint density at radius 1 is 0.769 bits per heavy atom. The molecule has 0 unspecified atom stereocenters. The van der Waals surface area contributed by atoms with Crippen LogP contribution in [0.4, 0.5) is 0 Å². The predicted octanol–water partition coefficient (Wildman–Crippen LogP) is 5.38. The van der Waals surface area contributed by atoms with Gasteiger partial charge in [-0.05, 0) is 64.2 Å². The molecule has 0 aromatic carbocycles. The SMILES string of the molecule is O=C(CCCC=CCC=CCC=CCC=CCCCCCO)NC1CC1. The fourth-order valence-corrected chi connectivity index (χ4v) is 2.51. The van der Waals surface area contributed by atoms with Gasteiger partial charge in [0, 0.05) is 19.1 Å². The molecule has 146 valence electrons. The standard InChI is InChI=1S/C23H37NO2/c25-21-17-15-13-11-9-7-5-3-1-2-4-6-8-10-12-14-16-18-23(26)24-22-19-20-22/h1,3-4,6-7,9-10,12,22,25H,2,5,8,11,13-21H2,(H,24,26). The zero-order chi connectivity index (χ0) is 18.7. The Balaban J connectivity index is 1.85. The second kappa shape index (κ2) is 16.8. The van der Waals surface area contributed by atoms with Crippen molar-refractivity contribution in [2.45, 2.75) is 83.1 Å². The fraction of sp³-hybridized carbons (Fsp3) is 0.609. The molecule has 1 rings (SSSR count). The molecular weight excluding hydrogens is 322 g/mol. The Bertz CT molecular complexity index is 459. The zero-order valence-corrected chi connectivity index (χ0v) is 16.2. The summed E-state index contributed by atoms with van der Waals surface area (Å²) in [5.74, 6) is 0.212. The van der Waals surface area contributed by atoms with Crippen LogP contribution in [0.3, 0.4) is 0 Å². The van der Waals surface area contributed by atoms with Gasteiger partial charge in [-0.2, -0.15) is 0 Å². The number of aliphatic hydroxyl groups is 1. The number of nitrogens with one attached hydrogen (secondary N) is 1. The quantitative estimate of drug-likeness (QED) is 0.287. The van der Waals surface area contributed by atoms with Crippen LogP contribution in [-0.4, -0.2) is 23.7 Å². The Morgan fingerprint density at radius 2 is 1.31 bits per heavy atom. The lowest BCUT2D eigenvalue weighted by Crippen LogP contribution is -2.24. The Labute approximate surface area is 160 Å². The van der Waals surface area contributed by atoms with Crippen LogP contribution in [0.15, 0.2) is 48.6 Å². The summed E-state index contributed by atoms with van der Waals surface area (Å²) in [6, 6.07) is 0.482. The minimum absolute atomic E-state index is 0.212. The van der Waals surface area contributed by atoms with Crippen LogP contribution in [0.25, 0.3) is 0 Å². The van der Waals surface area contributed by atoms with Crippen molar-refractivity contribution < 1.29 is 9.90 Å². The predicted molar refractivity (Wildman–Crippen MR) is 111 cm³/mol. The zero-order valence-electron chi connectivity index (χ0n) is 16.2. The number of allylic oxidation sites excluding steroid dienone is 8. The van der Waals surface area contributed by atoms with Crippen LogP contribution in [-0.2, 0) is 4.79 Å². The average Bonchev–Trinajstić information content (AvgIpc) is 3.44. The Kier molecular flexibility index (Phi) is 14.5. The van der Waals surface area contributed by atoms with Gasteiger partial charge in [-0.3, -0.25) is 4.79 Å². The maximum Gasteiger partial charge on any atom is 0.220 e. The van der Waals surface area contributed by atoms with Crippen molar-refractivity contribution in [1.29, 1.82) is 0 Å². The minimum atomic E-state index is 0.212. The van der Waals surface area contributed by atoms with Crippen molar-refractivity contribution in [3.8, 4) is 0 Å². The number of unbranched alkanes of at least 4 members (excludes halogenated alkanes) is 4. The molecule has 0 spiro atoms. The molecule has 3 nitrogen and oxygen atoms in total.